The maximum absolute atomic E-state index is 12.4. The van der Waals surface area contributed by atoms with Crippen LogP contribution in [0.25, 0.3) is 0 Å². The van der Waals surface area contributed by atoms with Crippen molar-refractivity contribution in [1.82, 2.24) is 14.9 Å². The zero-order valence-corrected chi connectivity index (χ0v) is 16.0. The number of rotatable bonds is 12. The quantitative estimate of drug-likeness (QED) is 0.480. The van der Waals surface area contributed by atoms with E-state index in [0.29, 0.717) is 11.1 Å². The minimum absolute atomic E-state index is 0.0694. The highest BCUT2D eigenvalue weighted by atomic mass is 32.2. The number of nitrogens with one attached hydrogen (secondary N) is 2. The van der Waals surface area contributed by atoms with E-state index in [4.69, 9.17) is 0 Å². The summed E-state index contributed by atoms with van der Waals surface area (Å²) in [5.74, 6) is -0.648. The van der Waals surface area contributed by atoms with Crippen LogP contribution in [0.4, 0.5) is 0 Å². The van der Waals surface area contributed by atoms with Crippen molar-refractivity contribution >= 4 is 21.6 Å². The average Bonchev–Trinajstić information content (AvgIpc) is 2.53. The lowest BCUT2D eigenvalue weighted by molar-refractivity contribution is -0.117. The van der Waals surface area contributed by atoms with Crippen LogP contribution >= 0.6 is 0 Å². The third kappa shape index (κ3) is 6.27. The number of sulfonamides is 1. The summed E-state index contributed by atoms with van der Waals surface area (Å²) in [5, 5.41) is 5.63. The van der Waals surface area contributed by atoms with Crippen LogP contribution < -0.4 is 10.6 Å². The molecule has 0 heterocycles. The van der Waals surface area contributed by atoms with Gasteiger partial charge in [0.15, 0.2) is 11.6 Å². The summed E-state index contributed by atoms with van der Waals surface area (Å²) >= 11 is 0. The van der Waals surface area contributed by atoms with Crippen LogP contribution in [0.2, 0.25) is 0 Å². The van der Waals surface area contributed by atoms with E-state index in [1.165, 1.54) is 6.92 Å². The molecule has 0 rings (SSSR count). The summed E-state index contributed by atoms with van der Waals surface area (Å²) in [6.45, 7) is 11.7. The lowest BCUT2D eigenvalue weighted by Crippen LogP contribution is -2.52. The Balaban J connectivity index is 5.55. The Morgan fingerprint density at radius 1 is 0.958 bits per heavy atom. The van der Waals surface area contributed by atoms with E-state index in [9.17, 15) is 18.0 Å². The zero-order valence-electron chi connectivity index (χ0n) is 15.2. The van der Waals surface area contributed by atoms with Gasteiger partial charge in [0.25, 0.3) is 0 Å². The highest BCUT2D eigenvalue weighted by Gasteiger charge is 2.31. The third-order valence-corrected chi connectivity index (χ3v) is 5.52. The normalized spacial score (nSPS) is 14.2. The smallest absolute Gasteiger partial charge is 0.213 e. The lowest BCUT2D eigenvalue weighted by atomic mass is 10.1. The summed E-state index contributed by atoms with van der Waals surface area (Å²) in [6, 6.07) is -1.44. The number of ketones is 2. The molecule has 0 aromatic heterocycles. The molecule has 0 aliphatic rings. The number of carbonyl (C=O) groups excluding carboxylic acids is 2. The van der Waals surface area contributed by atoms with Crippen molar-refractivity contribution in [3.05, 3.63) is 24.3 Å². The van der Waals surface area contributed by atoms with Crippen molar-refractivity contribution in [2.75, 3.05) is 32.9 Å². The molecule has 2 N–H and O–H groups in total. The number of hydrogen-bond acceptors (Lipinski definition) is 6. The van der Waals surface area contributed by atoms with Gasteiger partial charge in [0.2, 0.25) is 10.0 Å². The van der Waals surface area contributed by atoms with Crippen LogP contribution in [-0.2, 0) is 19.6 Å². The minimum atomic E-state index is -3.60. The summed E-state index contributed by atoms with van der Waals surface area (Å²) < 4.78 is 25.9. The minimum Gasteiger partial charge on any atom is -0.309 e. The fourth-order valence-corrected chi connectivity index (χ4v) is 3.21. The first-order valence-corrected chi connectivity index (χ1v) is 9.34. The van der Waals surface area contributed by atoms with Gasteiger partial charge in [-0.1, -0.05) is 13.2 Å². The Morgan fingerprint density at radius 3 is 1.50 bits per heavy atom. The van der Waals surface area contributed by atoms with Gasteiger partial charge in [0.1, 0.15) is 0 Å². The molecule has 0 aromatic rings. The second kappa shape index (κ2) is 9.83. The highest BCUT2D eigenvalue weighted by Crippen LogP contribution is 2.09. The highest BCUT2D eigenvalue weighted by molar-refractivity contribution is 7.89. The average molecular weight is 359 g/mol. The van der Waals surface area contributed by atoms with E-state index in [1.807, 2.05) is 0 Å². The lowest BCUT2D eigenvalue weighted by Gasteiger charge is -2.29. The molecule has 7 nitrogen and oxygen atoms in total. The van der Waals surface area contributed by atoms with Crippen LogP contribution in [0.5, 0.6) is 0 Å². The van der Waals surface area contributed by atoms with E-state index in [2.05, 4.69) is 23.8 Å². The molecule has 8 heteroatoms. The van der Waals surface area contributed by atoms with Gasteiger partial charge in [-0.15, -0.1) is 0 Å². The number of likely N-dealkylation sites (N-methyl/N-ethyl adjacent to an activating group) is 2. The van der Waals surface area contributed by atoms with Gasteiger partial charge in [-0.05, 0) is 46.0 Å². The van der Waals surface area contributed by atoms with Gasteiger partial charge in [0.05, 0.1) is 17.8 Å². The molecule has 0 aromatic carbocycles. The second-order valence-corrected chi connectivity index (χ2v) is 7.95. The molecule has 0 saturated heterocycles. The van der Waals surface area contributed by atoms with Crippen molar-refractivity contribution in [1.29, 1.82) is 0 Å². The molecule has 0 radical (unpaired) electrons. The Kier molecular flexibility index (Phi) is 9.27. The van der Waals surface area contributed by atoms with Crippen LogP contribution in [0, 0.1) is 0 Å². The van der Waals surface area contributed by atoms with Gasteiger partial charge in [-0.2, -0.15) is 4.31 Å². The van der Waals surface area contributed by atoms with Crippen molar-refractivity contribution in [3.63, 3.8) is 0 Å². The fraction of sp³-hybridized carbons (Fsp3) is 0.625. The summed E-state index contributed by atoms with van der Waals surface area (Å²) in [6.07, 6.45) is 0. The third-order valence-electron chi connectivity index (χ3n) is 3.70. The zero-order chi connectivity index (χ0) is 19.1. The SMILES string of the molecule is C=C(C)C(=O)C(CN(CC(NC)C(=O)C(=C)C)S(=O)(=O)CC)NC. The van der Waals surface area contributed by atoms with Crippen molar-refractivity contribution in [2.24, 2.45) is 0 Å². The Labute approximate surface area is 145 Å². The molecule has 0 saturated carbocycles. The molecule has 24 heavy (non-hydrogen) atoms. The van der Waals surface area contributed by atoms with Gasteiger partial charge >= 0.3 is 0 Å². The summed E-state index contributed by atoms with van der Waals surface area (Å²) in [4.78, 5) is 24.3. The monoisotopic (exact) mass is 359 g/mol. The maximum Gasteiger partial charge on any atom is 0.213 e. The van der Waals surface area contributed by atoms with Crippen molar-refractivity contribution < 1.29 is 18.0 Å². The number of carbonyl (C=O) groups is 2. The van der Waals surface area contributed by atoms with Gasteiger partial charge in [0, 0.05) is 13.1 Å². The second-order valence-electron chi connectivity index (χ2n) is 5.69. The van der Waals surface area contributed by atoms with E-state index >= 15 is 0 Å². The predicted octanol–water partition coefficient (Wildman–Crippen LogP) is 0.105. The molecular weight excluding hydrogens is 330 g/mol. The number of Topliss-reactive ketones (excluding diaryl/α,β-unsaturated/α-hetero) is 2. The van der Waals surface area contributed by atoms with Gasteiger partial charge in [-0.25, -0.2) is 8.42 Å². The number of hydrogen-bond donors (Lipinski definition) is 2. The fourth-order valence-electron chi connectivity index (χ4n) is 2.10. The molecule has 0 fully saturated rings. The van der Waals surface area contributed by atoms with Gasteiger partial charge in [-0.3, -0.25) is 9.59 Å². The van der Waals surface area contributed by atoms with Crippen molar-refractivity contribution in [2.45, 2.75) is 32.9 Å². The van der Waals surface area contributed by atoms with E-state index in [0.717, 1.165) is 4.31 Å². The largest absolute Gasteiger partial charge is 0.309 e. The van der Waals surface area contributed by atoms with E-state index in [1.54, 1.807) is 27.9 Å². The molecule has 2 unspecified atom stereocenters. The Bertz CT molecular complexity index is 562. The first-order valence-electron chi connectivity index (χ1n) is 7.73. The number of nitrogens with zero attached hydrogens (tertiary/aromatic N) is 1. The molecule has 0 amide bonds. The van der Waals surface area contributed by atoms with E-state index < -0.39 is 22.1 Å². The first-order chi connectivity index (χ1) is 11.0. The summed E-state index contributed by atoms with van der Waals surface area (Å²) in [7, 11) is -0.439. The molecule has 0 aliphatic carbocycles. The molecule has 2 atom stereocenters. The molecule has 0 spiro atoms. The summed E-state index contributed by atoms with van der Waals surface area (Å²) in [5.41, 5.74) is 0.678. The van der Waals surface area contributed by atoms with Crippen LogP contribution in [0.15, 0.2) is 24.3 Å². The molecule has 138 valence electrons. The topological polar surface area (TPSA) is 95.6 Å². The predicted molar refractivity (Wildman–Crippen MR) is 96.4 cm³/mol. The Hall–Kier alpha value is -1.35. The van der Waals surface area contributed by atoms with Crippen LogP contribution in [-0.4, -0.2) is 69.3 Å². The standard InChI is InChI=1S/C16H29N3O4S/c1-8-24(22,23)19(9-13(17-6)15(20)11(2)3)10-14(18-7)16(21)12(4)5/h13-14,17-18H,2,4,8-10H2,1,3,5-7H3. The molecule has 0 aliphatic heterocycles. The van der Waals surface area contributed by atoms with Gasteiger partial charge < -0.3 is 10.6 Å². The van der Waals surface area contributed by atoms with Crippen LogP contribution in [0.3, 0.4) is 0 Å². The van der Waals surface area contributed by atoms with E-state index in [-0.39, 0.29) is 30.4 Å². The molecule has 0 bridgehead atoms. The van der Waals surface area contributed by atoms with Crippen LogP contribution in [0.1, 0.15) is 20.8 Å². The Morgan fingerprint density at radius 2 is 1.29 bits per heavy atom. The van der Waals surface area contributed by atoms with Crippen molar-refractivity contribution in [3.8, 4) is 0 Å². The first kappa shape index (κ1) is 22.6. The maximum atomic E-state index is 12.4. The molecular formula is C16H29N3O4S.